The summed E-state index contributed by atoms with van der Waals surface area (Å²) in [7, 11) is 0. The number of carboxylic acids is 1. The molecule has 19 heavy (non-hydrogen) atoms. The van der Waals surface area contributed by atoms with Gasteiger partial charge in [0.15, 0.2) is 0 Å². The Morgan fingerprint density at radius 2 is 1.95 bits per heavy atom. The number of phenols is 2. The van der Waals surface area contributed by atoms with Crippen molar-refractivity contribution >= 4 is 21.9 Å². The van der Waals surface area contributed by atoms with Gasteiger partial charge in [0.05, 0.1) is 23.2 Å². The molecule has 1 aromatic carbocycles. The average Bonchev–Trinajstić information content (AvgIpc) is 2.40. The van der Waals surface area contributed by atoms with Crippen LogP contribution in [0.25, 0.3) is 0 Å². The van der Waals surface area contributed by atoms with Crippen LogP contribution in [0.4, 0.5) is 0 Å². The fraction of sp³-hybridized carbons (Fsp3) is 0.417. The number of carbonyl (C=O) groups is 1. The van der Waals surface area contributed by atoms with Crippen molar-refractivity contribution in [3.63, 3.8) is 0 Å². The molecule has 1 aromatic rings. The van der Waals surface area contributed by atoms with Crippen LogP contribution < -0.4 is 0 Å². The van der Waals surface area contributed by atoms with E-state index in [4.69, 9.17) is 9.84 Å². The number of phenolic OH excluding ortho intramolecular Hbond substituents is 1. The Balaban J connectivity index is 2.34. The molecule has 3 N–H and O–H groups in total. The Morgan fingerprint density at radius 1 is 1.32 bits per heavy atom. The lowest BCUT2D eigenvalue weighted by Gasteiger charge is -2.27. The van der Waals surface area contributed by atoms with E-state index in [-0.39, 0.29) is 33.6 Å². The third-order valence-corrected chi connectivity index (χ3v) is 3.64. The molecule has 0 bridgehead atoms. The summed E-state index contributed by atoms with van der Waals surface area (Å²) in [6.45, 7) is 2.80. The van der Waals surface area contributed by atoms with E-state index in [1.54, 1.807) is 0 Å². The molecule has 1 saturated heterocycles. The van der Waals surface area contributed by atoms with Crippen molar-refractivity contribution < 1.29 is 24.9 Å². The SMILES string of the molecule is O=C(O)c1cc(Br)c(O)c(CN2CCOCC2)c1O. The molecule has 1 fully saturated rings. The number of carboxylic acid groups (broad SMARTS) is 1. The van der Waals surface area contributed by atoms with Crippen LogP contribution in [-0.4, -0.2) is 52.5 Å². The highest BCUT2D eigenvalue weighted by Gasteiger charge is 2.22. The number of aromatic carboxylic acids is 1. The summed E-state index contributed by atoms with van der Waals surface area (Å²) in [6, 6.07) is 1.19. The lowest BCUT2D eigenvalue weighted by molar-refractivity contribution is 0.0335. The fourth-order valence-corrected chi connectivity index (χ4v) is 2.45. The Hall–Kier alpha value is -1.31. The van der Waals surface area contributed by atoms with Gasteiger partial charge in [0.25, 0.3) is 0 Å². The first-order valence-electron chi connectivity index (χ1n) is 5.77. The van der Waals surface area contributed by atoms with Crippen LogP contribution in [-0.2, 0) is 11.3 Å². The number of nitrogens with zero attached hydrogens (tertiary/aromatic N) is 1. The maximum atomic E-state index is 11.0. The third-order valence-electron chi connectivity index (χ3n) is 3.04. The van der Waals surface area contributed by atoms with Gasteiger partial charge in [-0.25, -0.2) is 4.79 Å². The number of hydrogen-bond acceptors (Lipinski definition) is 5. The van der Waals surface area contributed by atoms with Crippen molar-refractivity contribution in [3.8, 4) is 11.5 Å². The van der Waals surface area contributed by atoms with Crippen LogP contribution in [0.15, 0.2) is 10.5 Å². The second kappa shape index (κ2) is 5.77. The molecular formula is C12H14BrNO5. The highest BCUT2D eigenvalue weighted by atomic mass is 79.9. The predicted octanol–water partition coefficient (Wildman–Crippen LogP) is 1.39. The smallest absolute Gasteiger partial charge is 0.339 e. The maximum absolute atomic E-state index is 11.0. The van der Waals surface area contributed by atoms with Gasteiger partial charge in [-0.3, -0.25) is 4.90 Å². The number of hydrogen-bond donors (Lipinski definition) is 3. The van der Waals surface area contributed by atoms with Crippen LogP contribution in [0.3, 0.4) is 0 Å². The molecular weight excluding hydrogens is 318 g/mol. The first kappa shape index (κ1) is 14.1. The summed E-state index contributed by atoms with van der Waals surface area (Å²) < 4.78 is 5.47. The van der Waals surface area contributed by atoms with Gasteiger partial charge in [0.2, 0.25) is 0 Å². The van der Waals surface area contributed by atoms with E-state index in [1.807, 2.05) is 4.90 Å². The number of aromatic hydroxyl groups is 2. The topological polar surface area (TPSA) is 90.2 Å². The second-order valence-electron chi connectivity index (χ2n) is 4.28. The minimum absolute atomic E-state index is 0.131. The molecule has 0 radical (unpaired) electrons. The molecule has 1 aliphatic rings. The fourth-order valence-electron chi connectivity index (χ4n) is 1.98. The zero-order valence-corrected chi connectivity index (χ0v) is 11.7. The van der Waals surface area contributed by atoms with E-state index in [9.17, 15) is 15.0 Å². The molecule has 0 aliphatic carbocycles. The van der Waals surface area contributed by atoms with E-state index in [0.29, 0.717) is 26.3 Å². The van der Waals surface area contributed by atoms with Crippen LogP contribution in [0.2, 0.25) is 0 Å². The predicted molar refractivity (Wildman–Crippen MR) is 70.5 cm³/mol. The molecule has 0 spiro atoms. The molecule has 104 valence electrons. The van der Waals surface area contributed by atoms with Gasteiger partial charge >= 0.3 is 5.97 Å². The Morgan fingerprint density at radius 3 is 2.53 bits per heavy atom. The van der Waals surface area contributed by atoms with Gasteiger partial charge in [-0.2, -0.15) is 0 Å². The summed E-state index contributed by atoms with van der Waals surface area (Å²) in [5.41, 5.74) is -0.0124. The van der Waals surface area contributed by atoms with E-state index < -0.39 is 5.97 Å². The number of rotatable bonds is 3. The summed E-state index contributed by atoms with van der Waals surface area (Å²) in [5, 5.41) is 28.9. The number of ether oxygens (including phenoxy) is 1. The number of halogens is 1. The van der Waals surface area contributed by atoms with Gasteiger partial charge in [0, 0.05) is 19.6 Å². The second-order valence-corrected chi connectivity index (χ2v) is 5.13. The van der Waals surface area contributed by atoms with E-state index in [0.717, 1.165) is 0 Å². The summed E-state index contributed by atoms with van der Waals surface area (Å²) in [6.07, 6.45) is 0. The Labute approximate surface area is 118 Å². The van der Waals surface area contributed by atoms with Crippen LogP contribution >= 0.6 is 15.9 Å². The van der Waals surface area contributed by atoms with Gasteiger partial charge in [-0.15, -0.1) is 0 Å². The minimum atomic E-state index is -1.23. The molecule has 1 heterocycles. The average molecular weight is 332 g/mol. The van der Waals surface area contributed by atoms with E-state index in [2.05, 4.69) is 15.9 Å². The maximum Gasteiger partial charge on any atom is 0.339 e. The quantitative estimate of drug-likeness (QED) is 0.775. The van der Waals surface area contributed by atoms with Crippen molar-refractivity contribution in [1.82, 2.24) is 4.90 Å². The zero-order valence-electron chi connectivity index (χ0n) is 10.1. The summed E-state index contributed by atoms with van der Waals surface area (Å²) in [5.74, 6) is -1.75. The number of benzene rings is 1. The zero-order chi connectivity index (χ0) is 14.0. The monoisotopic (exact) mass is 331 g/mol. The molecule has 0 unspecified atom stereocenters. The lowest BCUT2D eigenvalue weighted by Crippen LogP contribution is -2.35. The molecule has 1 aliphatic heterocycles. The van der Waals surface area contributed by atoms with Crippen molar-refractivity contribution in [2.24, 2.45) is 0 Å². The van der Waals surface area contributed by atoms with Crippen LogP contribution in [0.5, 0.6) is 11.5 Å². The van der Waals surface area contributed by atoms with Gasteiger partial charge in [-0.05, 0) is 22.0 Å². The van der Waals surface area contributed by atoms with E-state index >= 15 is 0 Å². The first-order valence-corrected chi connectivity index (χ1v) is 6.56. The molecule has 0 amide bonds. The van der Waals surface area contributed by atoms with Crippen LogP contribution in [0, 0.1) is 0 Å². The summed E-state index contributed by atoms with van der Waals surface area (Å²) in [4.78, 5) is 13.0. The molecule has 0 atom stereocenters. The van der Waals surface area contributed by atoms with Crippen molar-refractivity contribution in [3.05, 3.63) is 21.7 Å². The van der Waals surface area contributed by atoms with Crippen molar-refractivity contribution in [2.45, 2.75) is 6.54 Å². The Bertz CT molecular complexity index is 499. The molecule has 6 nitrogen and oxygen atoms in total. The Kier molecular flexibility index (Phi) is 4.28. The molecule has 0 saturated carbocycles. The highest BCUT2D eigenvalue weighted by Crippen LogP contribution is 2.38. The molecule has 2 rings (SSSR count). The van der Waals surface area contributed by atoms with Gasteiger partial charge in [-0.1, -0.05) is 0 Å². The highest BCUT2D eigenvalue weighted by molar-refractivity contribution is 9.10. The normalized spacial score (nSPS) is 16.5. The van der Waals surface area contributed by atoms with Crippen molar-refractivity contribution in [2.75, 3.05) is 26.3 Å². The van der Waals surface area contributed by atoms with Crippen molar-refractivity contribution in [1.29, 1.82) is 0 Å². The van der Waals surface area contributed by atoms with Gasteiger partial charge in [0.1, 0.15) is 17.1 Å². The third kappa shape index (κ3) is 2.99. The number of morpholine rings is 1. The molecule has 0 aromatic heterocycles. The van der Waals surface area contributed by atoms with E-state index in [1.165, 1.54) is 6.07 Å². The van der Waals surface area contributed by atoms with Gasteiger partial charge < -0.3 is 20.1 Å². The van der Waals surface area contributed by atoms with Crippen LogP contribution in [0.1, 0.15) is 15.9 Å². The lowest BCUT2D eigenvalue weighted by atomic mass is 10.1. The first-order chi connectivity index (χ1) is 9.00. The minimum Gasteiger partial charge on any atom is -0.507 e. The summed E-state index contributed by atoms with van der Waals surface area (Å²) >= 11 is 3.10. The largest absolute Gasteiger partial charge is 0.507 e. The molecule has 7 heteroatoms. The standard InChI is InChI=1S/C12H14BrNO5/c13-9-5-7(12(17)18)10(15)8(11(9)16)6-14-1-3-19-4-2-14/h5,15-16H,1-4,6H2,(H,17,18).